The first-order chi connectivity index (χ1) is 14.1. The maximum Gasteiger partial charge on any atom is 0.245 e. The first-order valence-corrected chi connectivity index (χ1v) is 10.5. The van der Waals surface area contributed by atoms with Gasteiger partial charge in [-0.15, -0.1) is 0 Å². The highest BCUT2D eigenvalue weighted by Gasteiger charge is 2.36. The van der Waals surface area contributed by atoms with Crippen LogP contribution in [-0.2, 0) is 22.6 Å². The van der Waals surface area contributed by atoms with Crippen molar-refractivity contribution in [1.29, 1.82) is 0 Å². The van der Waals surface area contributed by atoms with Crippen LogP contribution >= 0.6 is 0 Å². The fraction of sp³-hybridized carbons (Fsp3) is 0.500. The maximum absolute atomic E-state index is 13.3. The number of piperazine rings is 1. The molecule has 1 saturated carbocycles. The van der Waals surface area contributed by atoms with Gasteiger partial charge >= 0.3 is 0 Å². The van der Waals surface area contributed by atoms with E-state index in [1.54, 1.807) is 11.8 Å². The number of anilines is 1. The van der Waals surface area contributed by atoms with Gasteiger partial charge in [0.2, 0.25) is 11.8 Å². The molecule has 152 valence electrons. The summed E-state index contributed by atoms with van der Waals surface area (Å²) in [6, 6.07) is 9.86. The highest BCUT2D eigenvalue weighted by atomic mass is 16.2. The largest absolute Gasteiger partial charge is 0.352 e. The molecule has 1 aromatic carbocycles. The van der Waals surface area contributed by atoms with Gasteiger partial charge in [0.15, 0.2) is 5.82 Å². The van der Waals surface area contributed by atoms with Crippen LogP contribution in [0.1, 0.15) is 42.5 Å². The molecule has 1 aliphatic carbocycles. The summed E-state index contributed by atoms with van der Waals surface area (Å²) < 4.78 is 0. The van der Waals surface area contributed by atoms with E-state index in [4.69, 9.17) is 0 Å². The molecule has 1 atom stereocenters. The molecule has 0 bridgehead atoms. The Kier molecular flexibility index (Phi) is 4.53. The molecule has 7 heteroatoms. The Bertz CT molecular complexity index is 927. The highest BCUT2D eigenvalue weighted by Crippen LogP contribution is 2.39. The van der Waals surface area contributed by atoms with Crippen molar-refractivity contribution in [1.82, 2.24) is 20.0 Å². The predicted octanol–water partition coefficient (Wildman–Crippen LogP) is 1.91. The lowest BCUT2D eigenvalue weighted by molar-refractivity contribution is -0.146. The van der Waals surface area contributed by atoms with Crippen LogP contribution in [0.4, 0.5) is 5.82 Å². The summed E-state index contributed by atoms with van der Waals surface area (Å²) in [4.78, 5) is 31.4. The molecule has 2 amide bonds. The zero-order valence-electron chi connectivity index (χ0n) is 16.8. The van der Waals surface area contributed by atoms with Gasteiger partial charge in [-0.1, -0.05) is 24.3 Å². The summed E-state index contributed by atoms with van der Waals surface area (Å²) in [5, 5.41) is 7.63. The van der Waals surface area contributed by atoms with Gasteiger partial charge in [0, 0.05) is 63.7 Å². The summed E-state index contributed by atoms with van der Waals surface area (Å²) in [7, 11) is 0. The second-order valence-electron chi connectivity index (χ2n) is 8.40. The molecule has 1 unspecified atom stereocenters. The third kappa shape index (κ3) is 3.50. The molecule has 2 fully saturated rings. The normalized spacial score (nSPS) is 21.8. The van der Waals surface area contributed by atoms with Crippen molar-refractivity contribution in [2.24, 2.45) is 0 Å². The number of rotatable bonds is 3. The minimum absolute atomic E-state index is 0.0411. The zero-order valence-corrected chi connectivity index (χ0v) is 16.8. The Morgan fingerprint density at radius 3 is 2.48 bits per heavy atom. The summed E-state index contributed by atoms with van der Waals surface area (Å²) >= 11 is 0. The molecule has 3 heterocycles. The van der Waals surface area contributed by atoms with E-state index in [-0.39, 0.29) is 11.8 Å². The van der Waals surface area contributed by atoms with Gasteiger partial charge in [0.1, 0.15) is 6.04 Å². The zero-order chi connectivity index (χ0) is 20.0. The monoisotopic (exact) mass is 393 g/mol. The number of hydrogen-bond acceptors (Lipinski definition) is 4. The number of H-pyrrole nitrogens is 1. The number of amides is 2. The minimum Gasteiger partial charge on any atom is -0.352 e. The van der Waals surface area contributed by atoms with Crippen molar-refractivity contribution in [2.45, 2.75) is 44.7 Å². The Hall–Kier alpha value is -2.83. The Morgan fingerprint density at radius 2 is 1.79 bits per heavy atom. The quantitative estimate of drug-likeness (QED) is 0.865. The molecule has 0 spiro atoms. The molecule has 1 N–H and O–H groups in total. The first kappa shape index (κ1) is 18.2. The van der Waals surface area contributed by atoms with Gasteiger partial charge in [0.05, 0.1) is 0 Å². The minimum atomic E-state index is -0.402. The van der Waals surface area contributed by atoms with Crippen LogP contribution in [-0.4, -0.2) is 64.0 Å². The van der Waals surface area contributed by atoms with E-state index in [1.807, 2.05) is 23.1 Å². The van der Waals surface area contributed by atoms with E-state index in [0.717, 1.165) is 24.5 Å². The van der Waals surface area contributed by atoms with Gasteiger partial charge in [-0.25, -0.2) is 0 Å². The summed E-state index contributed by atoms with van der Waals surface area (Å²) in [6.07, 6.45) is 3.10. The van der Waals surface area contributed by atoms with E-state index in [0.29, 0.717) is 32.0 Å². The van der Waals surface area contributed by atoms with E-state index in [1.165, 1.54) is 24.1 Å². The first-order valence-electron chi connectivity index (χ1n) is 10.5. The fourth-order valence-corrected chi connectivity index (χ4v) is 4.53. The number of carbonyl (C=O) groups is 2. The van der Waals surface area contributed by atoms with Crippen LogP contribution < -0.4 is 4.90 Å². The molecule has 7 nitrogen and oxygen atoms in total. The van der Waals surface area contributed by atoms with Gasteiger partial charge in [-0.2, -0.15) is 5.10 Å². The number of nitrogens with one attached hydrogen (secondary N) is 1. The number of nitrogens with zero attached hydrogens (tertiary/aromatic N) is 4. The van der Waals surface area contributed by atoms with Crippen molar-refractivity contribution in [3.8, 4) is 0 Å². The smallest absolute Gasteiger partial charge is 0.245 e. The lowest BCUT2D eigenvalue weighted by Gasteiger charge is -2.41. The van der Waals surface area contributed by atoms with Gasteiger partial charge in [0.25, 0.3) is 0 Å². The number of aromatic amines is 1. The summed E-state index contributed by atoms with van der Waals surface area (Å²) in [6.45, 7) is 4.93. The third-order valence-electron chi connectivity index (χ3n) is 6.45. The van der Waals surface area contributed by atoms with Crippen LogP contribution in [0.3, 0.4) is 0 Å². The molecule has 1 aromatic heterocycles. The van der Waals surface area contributed by atoms with Crippen LogP contribution in [0.5, 0.6) is 0 Å². The standard InChI is InChI=1S/C22H27N5O2/c1-15(28)27-14-18-5-3-2-4-17(18)12-20(27)22(29)26-10-8-25(9-11-26)21-13-19(23-24-21)16-6-7-16/h2-5,13,16,20H,6-12,14H2,1H3,(H,23,24). The second kappa shape index (κ2) is 7.21. The number of benzene rings is 1. The van der Waals surface area contributed by atoms with Gasteiger partial charge in [-0.05, 0) is 24.0 Å². The lowest BCUT2D eigenvalue weighted by atomic mass is 9.93. The van der Waals surface area contributed by atoms with Crippen LogP contribution in [0.25, 0.3) is 0 Å². The van der Waals surface area contributed by atoms with Crippen molar-refractivity contribution < 1.29 is 9.59 Å². The molecule has 1 saturated heterocycles. The van der Waals surface area contributed by atoms with Crippen LogP contribution in [0.15, 0.2) is 30.3 Å². The fourth-order valence-electron chi connectivity index (χ4n) is 4.53. The van der Waals surface area contributed by atoms with E-state index < -0.39 is 6.04 Å². The Morgan fingerprint density at radius 1 is 1.07 bits per heavy atom. The molecule has 29 heavy (non-hydrogen) atoms. The number of aromatic nitrogens is 2. The van der Waals surface area contributed by atoms with Crippen LogP contribution in [0, 0.1) is 0 Å². The maximum atomic E-state index is 13.3. The second-order valence-corrected chi connectivity index (χ2v) is 8.40. The number of carbonyl (C=O) groups excluding carboxylic acids is 2. The van der Waals surface area contributed by atoms with Crippen molar-refractivity contribution in [3.63, 3.8) is 0 Å². The third-order valence-corrected chi connectivity index (χ3v) is 6.45. The number of hydrogen-bond donors (Lipinski definition) is 1. The van der Waals surface area contributed by atoms with Crippen LogP contribution in [0.2, 0.25) is 0 Å². The average molecular weight is 393 g/mol. The van der Waals surface area contributed by atoms with E-state index in [9.17, 15) is 9.59 Å². The predicted molar refractivity (Wildman–Crippen MR) is 110 cm³/mol. The topological polar surface area (TPSA) is 72.5 Å². The SMILES string of the molecule is CC(=O)N1Cc2ccccc2CC1C(=O)N1CCN(c2cc(C3CC3)[nH]n2)CC1. The van der Waals surface area contributed by atoms with Gasteiger partial charge < -0.3 is 14.7 Å². The molecule has 5 rings (SSSR count). The average Bonchev–Trinajstić information content (AvgIpc) is 3.49. The molecule has 3 aliphatic rings. The lowest BCUT2D eigenvalue weighted by Crippen LogP contribution is -2.57. The highest BCUT2D eigenvalue weighted by molar-refractivity contribution is 5.88. The molecular weight excluding hydrogens is 366 g/mol. The van der Waals surface area contributed by atoms with Crippen molar-refractivity contribution in [3.05, 3.63) is 47.2 Å². The molecule has 2 aliphatic heterocycles. The summed E-state index contributed by atoms with van der Waals surface area (Å²) in [5.74, 6) is 1.66. The molecule has 0 radical (unpaired) electrons. The number of fused-ring (bicyclic) bond motifs is 1. The molecule has 2 aromatic rings. The van der Waals surface area contributed by atoms with Crippen molar-refractivity contribution in [2.75, 3.05) is 31.1 Å². The van der Waals surface area contributed by atoms with Gasteiger partial charge in [-0.3, -0.25) is 14.7 Å². The summed E-state index contributed by atoms with van der Waals surface area (Å²) in [5.41, 5.74) is 3.55. The molecular formula is C22H27N5O2. The van der Waals surface area contributed by atoms with Crippen molar-refractivity contribution >= 4 is 17.6 Å². The Labute approximate surface area is 170 Å². The Balaban J connectivity index is 1.26. The van der Waals surface area contributed by atoms with E-state index in [2.05, 4.69) is 27.2 Å². The van der Waals surface area contributed by atoms with E-state index >= 15 is 0 Å².